The molecule has 0 saturated carbocycles. The molecule has 0 aromatic carbocycles. The highest BCUT2D eigenvalue weighted by Crippen LogP contribution is 2.02. The first kappa shape index (κ1) is 25.3. The highest BCUT2D eigenvalue weighted by atomic mass is 16.7. The Labute approximate surface area is 155 Å². The van der Waals surface area contributed by atoms with E-state index in [9.17, 15) is 0 Å². The number of rotatable bonds is 2. The van der Waals surface area contributed by atoms with E-state index in [-0.39, 0.29) is 0 Å². The summed E-state index contributed by atoms with van der Waals surface area (Å²) in [5.74, 6) is 0.856. The predicted molar refractivity (Wildman–Crippen MR) is 112 cm³/mol. The number of allylic oxidation sites excluding steroid dienone is 3. The van der Waals surface area contributed by atoms with E-state index in [2.05, 4.69) is 49.6 Å². The van der Waals surface area contributed by atoms with Crippen molar-refractivity contribution in [3.8, 4) is 0 Å². The van der Waals surface area contributed by atoms with Crippen molar-refractivity contribution in [1.82, 2.24) is 4.98 Å². The molecule has 1 aromatic rings. The molecule has 1 N–H and O–H groups in total. The minimum atomic E-state index is 0.395. The highest BCUT2D eigenvalue weighted by Gasteiger charge is 2.02. The van der Waals surface area contributed by atoms with E-state index >= 15 is 0 Å². The van der Waals surface area contributed by atoms with E-state index < -0.39 is 0 Å². The molecule has 2 rings (SSSR count). The lowest BCUT2D eigenvalue weighted by molar-refractivity contribution is 0.0813. The van der Waals surface area contributed by atoms with E-state index in [1.807, 2.05) is 46.8 Å². The van der Waals surface area contributed by atoms with Crippen LogP contribution in [0, 0.1) is 6.92 Å². The molecule has 0 bridgehead atoms. The van der Waals surface area contributed by atoms with Gasteiger partial charge in [0.15, 0.2) is 0 Å². The van der Waals surface area contributed by atoms with Gasteiger partial charge in [0.1, 0.15) is 12.0 Å². The Bertz CT molecular complexity index is 603. The summed E-state index contributed by atoms with van der Waals surface area (Å²) in [6.07, 6.45) is 12.3. The van der Waals surface area contributed by atoms with Crippen LogP contribution >= 0.6 is 0 Å². The molecule has 0 spiro atoms. The number of H-pyrrole nitrogens is 1. The molecule has 0 aliphatic carbocycles. The van der Waals surface area contributed by atoms with Gasteiger partial charge in [-0.1, -0.05) is 51.5 Å². The predicted octanol–water partition coefficient (Wildman–Crippen LogP) is 5.34. The Hall–Kier alpha value is -1.90. The largest absolute Gasteiger partial charge is 0.462 e. The summed E-state index contributed by atoms with van der Waals surface area (Å²) in [7, 11) is 0. The average Bonchev–Trinajstić information content (AvgIpc) is 3.24. The maximum Gasteiger partial charge on any atom is 0.229 e. The highest BCUT2D eigenvalue weighted by molar-refractivity contribution is 5.35. The molecule has 0 amide bonds. The van der Waals surface area contributed by atoms with Crippen LogP contribution in [0.2, 0.25) is 0 Å². The SMILES string of the molecule is C/C=C\C.C/C=c1/c(CCC)c(C)[nH]/c1=C/C.CC.CC1=COCO1. The van der Waals surface area contributed by atoms with Gasteiger partial charge >= 0.3 is 0 Å². The van der Waals surface area contributed by atoms with Gasteiger partial charge in [-0.2, -0.15) is 0 Å². The maximum absolute atomic E-state index is 4.79. The van der Waals surface area contributed by atoms with Crippen molar-refractivity contribution in [2.45, 2.75) is 75.2 Å². The van der Waals surface area contributed by atoms with Crippen molar-refractivity contribution in [1.29, 1.82) is 0 Å². The fourth-order valence-corrected chi connectivity index (χ4v) is 2.15. The van der Waals surface area contributed by atoms with E-state index in [1.165, 1.54) is 34.7 Å². The van der Waals surface area contributed by atoms with Crippen molar-refractivity contribution in [3.63, 3.8) is 0 Å². The standard InChI is InChI=1S/C12H19N.C4H6O2.C4H8.C2H6/c1-5-8-11-9(4)13-12(7-3)10(11)6-2;1-4-2-5-3-6-4;1-3-4-2;1-2/h6-7,13H,5,8H2,1-4H3;2H,3H2,1H3;3-4H,1-2H3;1-2H3/b10-6-,12-7+;;4-3-;. The van der Waals surface area contributed by atoms with Crippen LogP contribution in [0.3, 0.4) is 0 Å². The summed E-state index contributed by atoms with van der Waals surface area (Å²) in [6, 6.07) is 0. The van der Waals surface area contributed by atoms with Crippen molar-refractivity contribution in [2.75, 3.05) is 6.79 Å². The van der Waals surface area contributed by atoms with Crippen LogP contribution in [-0.2, 0) is 15.9 Å². The van der Waals surface area contributed by atoms with Gasteiger partial charge < -0.3 is 14.5 Å². The molecule has 3 nitrogen and oxygen atoms in total. The minimum Gasteiger partial charge on any atom is -0.462 e. The number of aromatic nitrogens is 1. The van der Waals surface area contributed by atoms with Crippen LogP contribution in [0.25, 0.3) is 12.2 Å². The topological polar surface area (TPSA) is 34.2 Å². The fraction of sp³-hybridized carbons (Fsp3) is 0.545. The fourth-order valence-electron chi connectivity index (χ4n) is 2.15. The lowest BCUT2D eigenvalue weighted by Gasteiger charge is -1.95. The van der Waals surface area contributed by atoms with E-state index in [4.69, 9.17) is 4.74 Å². The summed E-state index contributed by atoms with van der Waals surface area (Å²) in [6.45, 7) is 18.8. The number of hydrogen-bond acceptors (Lipinski definition) is 2. The van der Waals surface area contributed by atoms with Crippen LogP contribution in [0.4, 0.5) is 0 Å². The molecule has 0 unspecified atom stereocenters. The number of aryl methyl sites for hydroxylation is 1. The monoisotopic (exact) mass is 349 g/mol. The Morgan fingerprint density at radius 3 is 1.92 bits per heavy atom. The molecule has 1 aliphatic heterocycles. The smallest absolute Gasteiger partial charge is 0.229 e. The summed E-state index contributed by atoms with van der Waals surface area (Å²) in [4.78, 5) is 3.41. The molecule has 1 aliphatic rings. The zero-order valence-electron chi connectivity index (χ0n) is 17.8. The van der Waals surface area contributed by atoms with Crippen molar-refractivity contribution < 1.29 is 9.47 Å². The summed E-state index contributed by atoms with van der Waals surface area (Å²) >= 11 is 0. The molecule has 0 fully saturated rings. The number of aromatic amines is 1. The van der Waals surface area contributed by atoms with Gasteiger partial charge in [0.25, 0.3) is 0 Å². The summed E-state index contributed by atoms with van der Waals surface area (Å²) in [5.41, 5.74) is 2.81. The lowest BCUT2D eigenvalue weighted by Crippen LogP contribution is -2.24. The van der Waals surface area contributed by atoms with Crippen LogP contribution in [0.5, 0.6) is 0 Å². The molecule has 2 heterocycles. The molecule has 0 atom stereocenters. The first-order valence-electron chi connectivity index (χ1n) is 9.34. The van der Waals surface area contributed by atoms with Crippen molar-refractivity contribution >= 4 is 12.2 Å². The molecular weight excluding hydrogens is 310 g/mol. The van der Waals surface area contributed by atoms with Gasteiger partial charge in [0, 0.05) is 11.0 Å². The van der Waals surface area contributed by atoms with E-state index in [1.54, 1.807) is 6.26 Å². The second-order valence-corrected chi connectivity index (χ2v) is 5.21. The zero-order valence-corrected chi connectivity index (χ0v) is 17.8. The quantitative estimate of drug-likeness (QED) is 0.732. The molecule has 0 radical (unpaired) electrons. The van der Waals surface area contributed by atoms with Gasteiger partial charge in [-0.3, -0.25) is 0 Å². The van der Waals surface area contributed by atoms with Gasteiger partial charge in [-0.05, 0) is 58.7 Å². The van der Waals surface area contributed by atoms with Crippen LogP contribution in [0.15, 0.2) is 24.2 Å². The molecule has 0 saturated heterocycles. The van der Waals surface area contributed by atoms with E-state index in [0.717, 1.165) is 5.76 Å². The van der Waals surface area contributed by atoms with Crippen LogP contribution in [-0.4, -0.2) is 11.8 Å². The van der Waals surface area contributed by atoms with Crippen molar-refractivity contribution in [3.05, 3.63) is 46.0 Å². The molecule has 25 heavy (non-hydrogen) atoms. The summed E-state index contributed by atoms with van der Waals surface area (Å²) < 4.78 is 9.46. The molecule has 1 aromatic heterocycles. The number of hydrogen-bond donors (Lipinski definition) is 1. The van der Waals surface area contributed by atoms with E-state index in [0.29, 0.717) is 6.79 Å². The Balaban J connectivity index is 0. The van der Waals surface area contributed by atoms with Gasteiger partial charge in [-0.25, -0.2) is 0 Å². The molecule has 144 valence electrons. The Morgan fingerprint density at radius 2 is 1.64 bits per heavy atom. The molecular formula is C22H39NO2. The van der Waals surface area contributed by atoms with Crippen LogP contribution in [0.1, 0.15) is 73.1 Å². The second kappa shape index (κ2) is 16.9. The Morgan fingerprint density at radius 1 is 1.04 bits per heavy atom. The number of ether oxygens (including phenoxy) is 2. The second-order valence-electron chi connectivity index (χ2n) is 5.21. The normalized spacial score (nSPS) is 13.6. The third-order valence-corrected chi connectivity index (χ3v) is 3.40. The minimum absolute atomic E-state index is 0.395. The summed E-state index contributed by atoms with van der Waals surface area (Å²) in [5, 5.41) is 2.66. The first-order valence-corrected chi connectivity index (χ1v) is 9.34. The van der Waals surface area contributed by atoms with Gasteiger partial charge in [0.05, 0.1) is 0 Å². The van der Waals surface area contributed by atoms with Gasteiger partial charge in [0.2, 0.25) is 6.79 Å². The average molecular weight is 350 g/mol. The zero-order chi connectivity index (χ0) is 19.7. The maximum atomic E-state index is 4.79. The van der Waals surface area contributed by atoms with Crippen molar-refractivity contribution in [2.24, 2.45) is 0 Å². The Kier molecular flexibility index (Phi) is 17.2. The van der Waals surface area contributed by atoms with Gasteiger partial charge in [-0.15, -0.1) is 0 Å². The first-order chi connectivity index (χ1) is 12.0. The molecule has 3 heteroatoms. The number of nitrogens with one attached hydrogen (secondary N) is 1. The third kappa shape index (κ3) is 10.5. The lowest BCUT2D eigenvalue weighted by atomic mass is 10.1. The van der Waals surface area contributed by atoms with Crippen LogP contribution < -0.4 is 10.6 Å². The third-order valence-electron chi connectivity index (χ3n) is 3.40.